The van der Waals surface area contributed by atoms with Gasteiger partial charge in [-0.05, 0) is 42.7 Å². The molecule has 0 unspecified atom stereocenters. The Bertz CT molecular complexity index is 633. The summed E-state index contributed by atoms with van der Waals surface area (Å²) in [5, 5.41) is 10.7. The number of hydrogen-bond acceptors (Lipinski definition) is 2. The lowest BCUT2D eigenvalue weighted by atomic mass is 10.1. The fraction of sp³-hybridized carbons (Fsp3) is 0.118. The molecule has 0 aliphatic heterocycles. The molecule has 0 bridgehead atoms. The minimum absolute atomic E-state index is 0.470. The molecule has 3 nitrogen and oxygen atoms in total. The van der Waals surface area contributed by atoms with E-state index < -0.39 is 5.91 Å². The maximum absolute atomic E-state index is 12.0. The Balaban J connectivity index is 2.17. The zero-order valence-corrected chi connectivity index (χ0v) is 11.6. The van der Waals surface area contributed by atoms with Gasteiger partial charge in [-0.25, -0.2) is 0 Å². The third kappa shape index (κ3) is 3.13. The van der Waals surface area contributed by atoms with Crippen molar-refractivity contribution in [3.63, 3.8) is 0 Å². The number of hydrogen-bond donors (Lipinski definition) is 1. The second-order valence-electron chi connectivity index (χ2n) is 4.61. The highest BCUT2D eigenvalue weighted by Crippen LogP contribution is 2.21. The highest BCUT2D eigenvalue weighted by Gasteiger charge is 2.13. The first kappa shape index (κ1) is 14.0. The van der Waals surface area contributed by atoms with E-state index in [-0.39, 0.29) is 0 Å². The van der Waals surface area contributed by atoms with E-state index in [0.29, 0.717) is 10.8 Å². The summed E-state index contributed by atoms with van der Waals surface area (Å²) < 4.78 is 0. The third-order valence-electron chi connectivity index (χ3n) is 3.23. The first-order valence-corrected chi connectivity index (χ1v) is 6.42. The van der Waals surface area contributed by atoms with Gasteiger partial charge in [-0.3, -0.25) is 10.0 Å². The molecule has 0 saturated carbocycles. The van der Waals surface area contributed by atoms with Crippen LogP contribution in [0.1, 0.15) is 16.7 Å². The van der Waals surface area contributed by atoms with Crippen molar-refractivity contribution in [1.82, 2.24) is 0 Å². The monoisotopic (exact) mass is 267 g/mol. The molecule has 0 atom stereocenters. The summed E-state index contributed by atoms with van der Waals surface area (Å²) in [5.74, 6) is -0.470. The van der Waals surface area contributed by atoms with Gasteiger partial charge in [0.2, 0.25) is 0 Å². The number of benzene rings is 2. The molecule has 20 heavy (non-hydrogen) atoms. The van der Waals surface area contributed by atoms with E-state index in [2.05, 4.69) is 0 Å². The van der Waals surface area contributed by atoms with Crippen LogP contribution in [0.3, 0.4) is 0 Å². The SMILES string of the molecule is Cc1cccc(N(O)C(=O)/C=C/c2ccccc2)c1C. The molecule has 3 heteroatoms. The Kier molecular flexibility index (Phi) is 4.33. The van der Waals surface area contributed by atoms with Crippen molar-refractivity contribution < 1.29 is 10.0 Å². The van der Waals surface area contributed by atoms with Crippen LogP contribution >= 0.6 is 0 Å². The molecule has 2 aromatic carbocycles. The van der Waals surface area contributed by atoms with Crippen molar-refractivity contribution in [1.29, 1.82) is 0 Å². The molecule has 0 saturated heterocycles. The zero-order chi connectivity index (χ0) is 14.5. The van der Waals surface area contributed by atoms with Crippen molar-refractivity contribution >= 4 is 17.7 Å². The fourth-order valence-corrected chi connectivity index (χ4v) is 1.89. The second kappa shape index (κ2) is 6.17. The maximum Gasteiger partial charge on any atom is 0.274 e. The Hall–Kier alpha value is -2.39. The van der Waals surface area contributed by atoms with E-state index in [4.69, 9.17) is 0 Å². The molecule has 0 aliphatic carbocycles. The smallest absolute Gasteiger partial charge is 0.274 e. The van der Waals surface area contributed by atoms with Gasteiger partial charge in [-0.1, -0.05) is 42.5 Å². The van der Waals surface area contributed by atoms with Gasteiger partial charge in [-0.2, -0.15) is 5.06 Å². The van der Waals surface area contributed by atoms with Gasteiger partial charge in [0.25, 0.3) is 5.91 Å². The van der Waals surface area contributed by atoms with Crippen LogP contribution in [0.25, 0.3) is 6.08 Å². The van der Waals surface area contributed by atoms with Gasteiger partial charge < -0.3 is 0 Å². The van der Waals surface area contributed by atoms with Crippen molar-refractivity contribution in [3.8, 4) is 0 Å². The van der Waals surface area contributed by atoms with E-state index in [9.17, 15) is 10.0 Å². The molecule has 0 fully saturated rings. The average Bonchev–Trinajstić information content (AvgIpc) is 2.48. The number of anilines is 1. The minimum Gasteiger partial charge on any atom is -0.281 e. The topological polar surface area (TPSA) is 40.5 Å². The van der Waals surface area contributed by atoms with Crippen LogP contribution in [-0.2, 0) is 4.79 Å². The minimum atomic E-state index is -0.470. The van der Waals surface area contributed by atoms with Crippen LogP contribution in [0.2, 0.25) is 0 Å². The van der Waals surface area contributed by atoms with Gasteiger partial charge in [0.05, 0.1) is 5.69 Å². The lowest BCUT2D eigenvalue weighted by Crippen LogP contribution is -2.25. The molecule has 2 aromatic rings. The summed E-state index contributed by atoms with van der Waals surface area (Å²) in [5.41, 5.74) is 3.33. The van der Waals surface area contributed by atoms with Crippen LogP contribution in [0.15, 0.2) is 54.6 Å². The summed E-state index contributed by atoms with van der Waals surface area (Å²) in [7, 11) is 0. The van der Waals surface area contributed by atoms with E-state index in [1.165, 1.54) is 6.08 Å². The Morgan fingerprint density at radius 1 is 1.05 bits per heavy atom. The van der Waals surface area contributed by atoms with Crippen LogP contribution in [0.4, 0.5) is 5.69 Å². The predicted octanol–water partition coefficient (Wildman–Crippen LogP) is 3.74. The highest BCUT2D eigenvalue weighted by atomic mass is 16.5. The van der Waals surface area contributed by atoms with Crippen LogP contribution in [0, 0.1) is 13.8 Å². The summed E-state index contributed by atoms with van der Waals surface area (Å²) >= 11 is 0. The summed E-state index contributed by atoms with van der Waals surface area (Å²) in [6.45, 7) is 3.82. The van der Waals surface area contributed by atoms with Gasteiger partial charge in [0, 0.05) is 6.08 Å². The highest BCUT2D eigenvalue weighted by molar-refractivity contribution is 6.02. The molecular weight excluding hydrogens is 250 g/mol. The van der Waals surface area contributed by atoms with Gasteiger partial charge >= 0.3 is 0 Å². The summed E-state index contributed by atoms with van der Waals surface area (Å²) in [6, 6.07) is 15.0. The van der Waals surface area contributed by atoms with E-state index >= 15 is 0 Å². The predicted molar refractivity (Wildman–Crippen MR) is 80.7 cm³/mol. The normalized spacial score (nSPS) is 10.8. The van der Waals surface area contributed by atoms with Gasteiger partial charge in [-0.15, -0.1) is 0 Å². The van der Waals surface area contributed by atoms with Crippen LogP contribution in [-0.4, -0.2) is 11.1 Å². The van der Waals surface area contributed by atoms with Crippen molar-refractivity contribution in [2.24, 2.45) is 0 Å². The number of carbonyl (C=O) groups is 1. The van der Waals surface area contributed by atoms with E-state index in [1.807, 2.05) is 56.3 Å². The van der Waals surface area contributed by atoms with Gasteiger partial charge in [0.15, 0.2) is 0 Å². The number of carbonyl (C=O) groups excluding carboxylic acids is 1. The van der Waals surface area contributed by atoms with E-state index in [1.54, 1.807) is 12.1 Å². The molecule has 0 aliphatic rings. The van der Waals surface area contributed by atoms with Crippen molar-refractivity contribution in [3.05, 3.63) is 71.3 Å². The number of nitrogens with zero attached hydrogens (tertiary/aromatic N) is 1. The van der Waals surface area contributed by atoms with Crippen molar-refractivity contribution in [2.45, 2.75) is 13.8 Å². The van der Waals surface area contributed by atoms with Crippen LogP contribution < -0.4 is 5.06 Å². The fourth-order valence-electron chi connectivity index (χ4n) is 1.89. The lowest BCUT2D eigenvalue weighted by Gasteiger charge is -2.16. The third-order valence-corrected chi connectivity index (χ3v) is 3.23. The number of hydroxylamine groups is 1. The number of amides is 1. The molecule has 2 rings (SSSR count). The van der Waals surface area contributed by atoms with Crippen molar-refractivity contribution in [2.75, 3.05) is 5.06 Å². The molecule has 0 spiro atoms. The Labute approximate surface area is 118 Å². The summed E-state index contributed by atoms with van der Waals surface area (Å²) in [6.07, 6.45) is 3.04. The molecule has 0 radical (unpaired) electrons. The summed E-state index contributed by atoms with van der Waals surface area (Å²) in [4.78, 5) is 12.0. The van der Waals surface area contributed by atoms with E-state index in [0.717, 1.165) is 16.7 Å². The molecule has 102 valence electrons. The first-order valence-electron chi connectivity index (χ1n) is 6.42. The molecule has 0 aromatic heterocycles. The van der Waals surface area contributed by atoms with Gasteiger partial charge in [0.1, 0.15) is 0 Å². The molecule has 1 N–H and O–H groups in total. The lowest BCUT2D eigenvalue weighted by molar-refractivity contribution is -0.118. The standard InChI is InChI=1S/C17H17NO2/c1-13-7-6-10-16(14(13)2)18(20)17(19)12-11-15-8-4-3-5-9-15/h3-12,20H,1-2H3/b12-11+. The molecule has 1 amide bonds. The zero-order valence-electron chi connectivity index (χ0n) is 11.6. The Morgan fingerprint density at radius 2 is 1.75 bits per heavy atom. The molecular formula is C17H17NO2. The first-order chi connectivity index (χ1) is 9.59. The quantitative estimate of drug-likeness (QED) is 0.523. The maximum atomic E-state index is 12.0. The Morgan fingerprint density at radius 3 is 2.45 bits per heavy atom. The second-order valence-corrected chi connectivity index (χ2v) is 4.61. The van der Waals surface area contributed by atoms with Crippen LogP contribution in [0.5, 0.6) is 0 Å². The largest absolute Gasteiger partial charge is 0.281 e. The number of rotatable bonds is 3. The number of aryl methyl sites for hydroxylation is 1. The average molecular weight is 267 g/mol. The molecule has 0 heterocycles.